The van der Waals surface area contributed by atoms with Gasteiger partial charge in [-0.1, -0.05) is 0 Å². The van der Waals surface area contributed by atoms with Gasteiger partial charge in [0.1, 0.15) is 5.76 Å². The lowest BCUT2D eigenvalue weighted by Gasteiger charge is -2.27. The molecule has 2 atom stereocenters. The lowest BCUT2D eigenvalue weighted by molar-refractivity contribution is 0.0000876. The average Bonchev–Trinajstić information content (AvgIpc) is 3.29. The van der Waals surface area contributed by atoms with E-state index in [1.54, 1.807) is 17.9 Å². The topological polar surface area (TPSA) is 69.7 Å². The highest BCUT2D eigenvalue weighted by atomic mass is 16.5. The van der Waals surface area contributed by atoms with Gasteiger partial charge in [0.05, 0.1) is 31.6 Å². The summed E-state index contributed by atoms with van der Waals surface area (Å²) < 4.78 is 18.3. The summed E-state index contributed by atoms with van der Waals surface area (Å²) in [5.41, 5.74) is 1.09. The molecule has 2 aromatic rings. The maximum absolute atomic E-state index is 12.9. The molecule has 2 aromatic heterocycles. The molecule has 0 aliphatic carbocycles. The van der Waals surface area contributed by atoms with E-state index >= 15 is 0 Å². The van der Waals surface area contributed by atoms with Crippen LogP contribution in [0.25, 0.3) is 0 Å². The molecule has 1 aliphatic heterocycles. The van der Waals surface area contributed by atoms with Crippen molar-refractivity contribution in [3.05, 3.63) is 41.6 Å². The smallest absolute Gasteiger partial charge is 0.289 e. The van der Waals surface area contributed by atoms with Gasteiger partial charge in [-0.05, 0) is 37.5 Å². The summed E-state index contributed by atoms with van der Waals surface area (Å²) >= 11 is 0. The Bertz CT molecular complexity index is 709. The highest BCUT2D eigenvalue weighted by molar-refractivity contribution is 5.92. The number of carbonyl (C=O) groups is 1. The molecular weight excluding hydrogens is 322 g/mol. The van der Waals surface area contributed by atoms with Crippen molar-refractivity contribution in [2.75, 3.05) is 26.9 Å². The number of rotatable bonds is 7. The van der Waals surface area contributed by atoms with Crippen molar-refractivity contribution in [2.24, 2.45) is 7.05 Å². The maximum Gasteiger partial charge on any atom is 0.289 e. The monoisotopic (exact) mass is 347 g/mol. The minimum absolute atomic E-state index is 0.0182. The van der Waals surface area contributed by atoms with Crippen LogP contribution in [0, 0.1) is 6.92 Å². The van der Waals surface area contributed by atoms with Gasteiger partial charge in [-0.3, -0.25) is 9.48 Å². The highest BCUT2D eigenvalue weighted by Gasteiger charge is 2.39. The van der Waals surface area contributed by atoms with E-state index in [-0.39, 0.29) is 18.1 Å². The van der Waals surface area contributed by atoms with Crippen LogP contribution < -0.4 is 0 Å². The molecule has 0 saturated carbocycles. The molecule has 0 unspecified atom stereocenters. The van der Waals surface area contributed by atoms with E-state index in [4.69, 9.17) is 13.9 Å². The Morgan fingerprint density at radius 1 is 1.40 bits per heavy atom. The summed E-state index contributed by atoms with van der Waals surface area (Å²) in [6, 6.07) is 3.50. The fraction of sp³-hybridized carbons (Fsp3) is 0.556. The standard InChI is InChI=1S/C18H25N3O4/c1-13-4-5-17(25-13)18(22)21-7-6-16(24-9-8-23-3)15(21)10-14-11-19-20(2)12-14/h4-5,11-12,15-16H,6-10H2,1-3H3/t15-,16-/m1/s1. The van der Waals surface area contributed by atoms with E-state index in [0.29, 0.717) is 31.9 Å². The second-order valence-electron chi connectivity index (χ2n) is 6.39. The number of ether oxygens (including phenoxy) is 2. The second kappa shape index (κ2) is 7.84. The molecule has 1 amide bonds. The zero-order valence-corrected chi connectivity index (χ0v) is 15.0. The first-order valence-electron chi connectivity index (χ1n) is 8.54. The van der Waals surface area contributed by atoms with Crippen LogP contribution in [-0.2, 0) is 22.9 Å². The molecule has 0 radical (unpaired) electrons. The Morgan fingerprint density at radius 2 is 2.24 bits per heavy atom. The van der Waals surface area contributed by atoms with Crippen LogP contribution in [0.15, 0.2) is 28.9 Å². The van der Waals surface area contributed by atoms with Crippen molar-refractivity contribution in [3.63, 3.8) is 0 Å². The molecule has 1 aliphatic rings. The van der Waals surface area contributed by atoms with Crippen LogP contribution >= 0.6 is 0 Å². The maximum atomic E-state index is 12.9. The number of methoxy groups -OCH3 is 1. The Balaban J connectivity index is 1.76. The number of aryl methyl sites for hydroxylation is 2. The van der Waals surface area contributed by atoms with Gasteiger partial charge in [0.25, 0.3) is 5.91 Å². The van der Waals surface area contributed by atoms with E-state index < -0.39 is 0 Å². The first-order chi connectivity index (χ1) is 12.1. The molecular formula is C18H25N3O4. The van der Waals surface area contributed by atoms with Crippen molar-refractivity contribution in [1.29, 1.82) is 0 Å². The van der Waals surface area contributed by atoms with Crippen molar-refractivity contribution in [1.82, 2.24) is 14.7 Å². The fourth-order valence-electron chi connectivity index (χ4n) is 3.31. The third-order valence-electron chi connectivity index (χ3n) is 4.52. The quantitative estimate of drug-likeness (QED) is 0.715. The van der Waals surface area contributed by atoms with Gasteiger partial charge in [0, 0.05) is 26.9 Å². The fourth-order valence-corrected chi connectivity index (χ4v) is 3.31. The number of furan rings is 1. The zero-order chi connectivity index (χ0) is 17.8. The predicted molar refractivity (Wildman–Crippen MR) is 91.4 cm³/mol. The molecule has 7 nitrogen and oxygen atoms in total. The minimum atomic E-state index is -0.0835. The highest BCUT2D eigenvalue weighted by Crippen LogP contribution is 2.26. The van der Waals surface area contributed by atoms with Gasteiger partial charge < -0.3 is 18.8 Å². The largest absolute Gasteiger partial charge is 0.456 e. The molecule has 7 heteroatoms. The number of likely N-dealkylation sites (tertiary alicyclic amines) is 1. The summed E-state index contributed by atoms with van der Waals surface area (Å²) in [4.78, 5) is 14.7. The van der Waals surface area contributed by atoms with Gasteiger partial charge in [0.15, 0.2) is 5.76 Å². The third-order valence-corrected chi connectivity index (χ3v) is 4.52. The predicted octanol–water partition coefficient (Wildman–Crippen LogP) is 1.81. The van der Waals surface area contributed by atoms with E-state index in [0.717, 1.165) is 17.7 Å². The number of hydrogen-bond acceptors (Lipinski definition) is 5. The molecule has 0 spiro atoms. The van der Waals surface area contributed by atoms with Crippen LogP contribution in [0.1, 0.15) is 28.3 Å². The van der Waals surface area contributed by atoms with Crippen molar-refractivity contribution >= 4 is 5.91 Å². The van der Waals surface area contributed by atoms with Crippen molar-refractivity contribution in [2.45, 2.75) is 31.9 Å². The van der Waals surface area contributed by atoms with E-state index in [2.05, 4.69) is 5.10 Å². The van der Waals surface area contributed by atoms with Gasteiger partial charge >= 0.3 is 0 Å². The van der Waals surface area contributed by atoms with Crippen LogP contribution in [0.2, 0.25) is 0 Å². The number of carbonyl (C=O) groups excluding carboxylic acids is 1. The van der Waals surface area contributed by atoms with E-state index in [1.165, 1.54) is 0 Å². The van der Waals surface area contributed by atoms with E-state index in [1.807, 2.05) is 37.3 Å². The lowest BCUT2D eigenvalue weighted by atomic mass is 10.0. The van der Waals surface area contributed by atoms with Crippen LogP contribution in [0.3, 0.4) is 0 Å². The molecule has 0 N–H and O–H groups in total. The molecule has 0 bridgehead atoms. The first-order valence-corrected chi connectivity index (χ1v) is 8.54. The van der Waals surface area contributed by atoms with E-state index in [9.17, 15) is 4.79 Å². The number of amides is 1. The van der Waals surface area contributed by atoms with Gasteiger partial charge in [-0.2, -0.15) is 5.10 Å². The van der Waals surface area contributed by atoms with Gasteiger partial charge in [-0.25, -0.2) is 0 Å². The molecule has 3 rings (SSSR count). The molecule has 25 heavy (non-hydrogen) atoms. The molecule has 1 saturated heterocycles. The average molecular weight is 347 g/mol. The van der Waals surface area contributed by atoms with Crippen LogP contribution in [0.4, 0.5) is 0 Å². The summed E-state index contributed by atoms with van der Waals surface area (Å²) in [6.07, 6.45) is 5.31. The van der Waals surface area contributed by atoms with Gasteiger partial charge in [0.2, 0.25) is 0 Å². The third kappa shape index (κ3) is 4.11. The molecule has 0 aromatic carbocycles. The molecule has 136 valence electrons. The Kier molecular flexibility index (Phi) is 5.55. The summed E-state index contributed by atoms with van der Waals surface area (Å²) in [5, 5.41) is 4.22. The Labute approximate surface area is 147 Å². The van der Waals surface area contributed by atoms with Crippen LogP contribution in [-0.4, -0.2) is 59.6 Å². The Hall–Kier alpha value is -2.12. The van der Waals surface area contributed by atoms with Crippen molar-refractivity contribution < 1.29 is 18.7 Å². The minimum Gasteiger partial charge on any atom is -0.456 e. The van der Waals surface area contributed by atoms with Crippen LogP contribution in [0.5, 0.6) is 0 Å². The normalized spacial score (nSPS) is 20.4. The summed E-state index contributed by atoms with van der Waals surface area (Å²) in [5.74, 6) is 1.03. The summed E-state index contributed by atoms with van der Waals surface area (Å²) in [6.45, 7) is 3.56. The van der Waals surface area contributed by atoms with Gasteiger partial charge in [-0.15, -0.1) is 0 Å². The summed E-state index contributed by atoms with van der Waals surface area (Å²) in [7, 11) is 3.54. The first kappa shape index (κ1) is 17.7. The number of nitrogens with zero attached hydrogens (tertiary/aromatic N) is 3. The number of aromatic nitrogens is 2. The lowest BCUT2D eigenvalue weighted by Crippen LogP contribution is -2.42. The zero-order valence-electron chi connectivity index (χ0n) is 15.0. The second-order valence-corrected chi connectivity index (χ2v) is 6.39. The van der Waals surface area contributed by atoms with Crippen molar-refractivity contribution in [3.8, 4) is 0 Å². The Morgan fingerprint density at radius 3 is 2.88 bits per heavy atom. The molecule has 3 heterocycles. The SMILES string of the molecule is COCCO[C@@H]1CCN(C(=O)c2ccc(C)o2)[C@@H]1Cc1cnn(C)c1. The number of hydrogen-bond donors (Lipinski definition) is 0. The molecule has 1 fully saturated rings.